The van der Waals surface area contributed by atoms with Crippen LogP contribution >= 0.6 is 0 Å². The lowest BCUT2D eigenvalue weighted by molar-refractivity contribution is -0.155. The summed E-state index contributed by atoms with van der Waals surface area (Å²) in [7, 11) is 0. The number of ether oxygens (including phenoxy) is 6. The van der Waals surface area contributed by atoms with Crippen LogP contribution in [0.15, 0.2) is 0 Å². The van der Waals surface area contributed by atoms with E-state index in [-0.39, 0.29) is 18.6 Å². The molecule has 0 N–H and O–H groups in total. The van der Waals surface area contributed by atoms with Crippen molar-refractivity contribution in [1.29, 1.82) is 0 Å². The molecule has 0 bridgehead atoms. The summed E-state index contributed by atoms with van der Waals surface area (Å²) in [6.07, 6.45) is 2.57. The van der Waals surface area contributed by atoms with E-state index < -0.39 is 24.9 Å². The summed E-state index contributed by atoms with van der Waals surface area (Å²) < 4.78 is 30.5. The standard InChI is InChI=1S/C14H20O8/c15-12-17-6-10(21-12)19-8-14(4-2-1-3-5-14)9-20-11-7-18-13(16)22-11/h10-11H,1-9H2. The van der Waals surface area contributed by atoms with Gasteiger partial charge in [0.15, 0.2) is 13.2 Å². The molecule has 0 spiro atoms. The van der Waals surface area contributed by atoms with E-state index >= 15 is 0 Å². The molecular weight excluding hydrogens is 296 g/mol. The van der Waals surface area contributed by atoms with Gasteiger partial charge in [-0.1, -0.05) is 19.3 Å². The molecule has 2 heterocycles. The van der Waals surface area contributed by atoms with Crippen molar-refractivity contribution < 1.29 is 38.0 Å². The molecule has 3 rings (SSSR count). The fourth-order valence-electron chi connectivity index (χ4n) is 2.96. The zero-order chi connectivity index (χ0) is 15.4. The number of carbonyl (C=O) groups is 2. The summed E-state index contributed by atoms with van der Waals surface area (Å²) in [4.78, 5) is 21.8. The summed E-state index contributed by atoms with van der Waals surface area (Å²) >= 11 is 0. The van der Waals surface area contributed by atoms with Crippen molar-refractivity contribution in [3.8, 4) is 0 Å². The summed E-state index contributed by atoms with van der Waals surface area (Å²) in [6, 6.07) is 0. The van der Waals surface area contributed by atoms with Gasteiger partial charge in [-0.05, 0) is 12.8 Å². The molecule has 2 saturated heterocycles. The van der Waals surface area contributed by atoms with E-state index in [1.807, 2.05) is 0 Å². The molecule has 0 amide bonds. The molecule has 124 valence electrons. The third-order valence-electron chi connectivity index (χ3n) is 4.19. The number of hydrogen-bond acceptors (Lipinski definition) is 8. The minimum Gasteiger partial charge on any atom is -0.428 e. The zero-order valence-electron chi connectivity index (χ0n) is 12.3. The van der Waals surface area contributed by atoms with Crippen LogP contribution in [0.2, 0.25) is 0 Å². The first-order chi connectivity index (χ1) is 10.7. The zero-order valence-corrected chi connectivity index (χ0v) is 12.3. The lowest BCUT2D eigenvalue weighted by atomic mass is 9.75. The number of carbonyl (C=O) groups excluding carboxylic acids is 2. The van der Waals surface area contributed by atoms with E-state index in [0.717, 1.165) is 25.7 Å². The largest absolute Gasteiger partial charge is 0.510 e. The van der Waals surface area contributed by atoms with Gasteiger partial charge in [0, 0.05) is 5.41 Å². The Morgan fingerprint density at radius 3 is 1.77 bits per heavy atom. The van der Waals surface area contributed by atoms with Crippen molar-refractivity contribution in [2.75, 3.05) is 26.4 Å². The average Bonchev–Trinajstić information content (AvgIpc) is 3.13. The number of cyclic esters (lactones) is 4. The van der Waals surface area contributed by atoms with Crippen molar-refractivity contribution in [3.05, 3.63) is 0 Å². The first-order valence-electron chi connectivity index (χ1n) is 7.55. The van der Waals surface area contributed by atoms with Crippen molar-refractivity contribution in [1.82, 2.24) is 0 Å². The molecule has 2 atom stereocenters. The Bertz CT molecular complexity index is 385. The molecule has 1 saturated carbocycles. The molecule has 3 fully saturated rings. The summed E-state index contributed by atoms with van der Waals surface area (Å²) in [5.74, 6) is 0. The molecular formula is C14H20O8. The first-order valence-corrected chi connectivity index (χ1v) is 7.55. The smallest absolute Gasteiger partial charge is 0.428 e. The average molecular weight is 316 g/mol. The highest BCUT2D eigenvalue weighted by atomic mass is 16.8. The van der Waals surface area contributed by atoms with Crippen LogP contribution in [0, 0.1) is 5.41 Å². The monoisotopic (exact) mass is 316 g/mol. The fourth-order valence-corrected chi connectivity index (χ4v) is 2.96. The van der Waals surface area contributed by atoms with Crippen LogP contribution in [0.1, 0.15) is 32.1 Å². The predicted octanol–water partition coefficient (Wildman–Crippen LogP) is 1.96. The Morgan fingerprint density at radius 2 is 1.36 bits per heavy atom. The second-order valence-corrected chi connectivity index (χ2v) is 5.90. The molecule has 0 aromatic heterocycles. The van der Waals surface area contributed by atoms with E-state index in [2.05, 4.69) is 0 Å². The molecule has 8 heteroatoms. The molecule has 22 heavy (non-hydrogen) atoms. The molecule has 8 nitrogen and oxygen atoms in total. The lowest BCUT2D eigenvalue weighted by Crippen LogP contribution is -2.38. The first kappa shape index (κ1) is 15.4. The van der Waals surface area contributed by atoms with Gasteiger partial charge in [-0.2, -0.15) is 0 Å². The molecule has 3 aliphatic rings. The molecule has 2 aliphatic heterocycles. The predicted molar refractivity (Wildman–Crippen MR) is 69.9 cm³/mol. The highest BCUT2D eigenvalue weighted by molar-refractivity contribution is 5.61. The maximum atomic E-state index is 10.9. The van der Waals surface area contributed by atoms with Crippen LogP contribution in [0.25, 0.3) is 0 Å². The van der Waals surface area contributed by atoms with E-state index in [1.54, 1.807) is 0 Å². The van der Waals surface area contributed by atoms with Gasteiger partial charge < -0.3 is 28.4 Å². The normalized spacial score (nSPS) is 30.4. The van der Waals surface area contributed by atoms with Crippen LogP contribution in [-0.4, -0.2) is 51.3 Å². The number of rotatable bonds is 6. The van der Waals surface area contributed by atoms with Crippen LogP contribution < -0.4 is 0 Å². The van der Waals surface area contributed by atoms with E-state index in [4.69, 9.17) is 28.4 Å². The van der Waals surface area contributed by atoms with Gasteiger partial charge in [-0.15, -0.1) is 0 Å². The molecule has 0 radical (unpaired) electrons. The van der Waals surface area contributed by atoms with E-state index in [9.17, 15) is 9.59 Å². The van der Waals surface area contributed by atoms with E-state index in [0.29, 0.717) is 13.2 Å². The SMILES string of the molecule is O=C1OCC(OCC2(COC3COC(=O)O3)CCCCC2)O1. The highest BCUT2D eigenvalue weighted by Crippen LogP contribution is 2.38. The van der Waals surface area contributed by atoms with Crippen LogP contribution in [-0.2, 0) is 28.4 Å². The Balaban J connectivity index is 1.51. The second kappa shape index (κ2) is 6.70. The molecule has 2 unspecified atom stereocenters. The van der Waals surface area contributed by atoms with Crippen LogP contribution in [0.3, 0.4) is 0 Å². The fraction of sp³-hybridized carbons (Fsp3) is 0.857. The minimum absolute atomic E-state index is 0.115. The maximum absolute atomic E-state index is 10.9. The van der Waals surface area contributed by atoms with Gasteiger partial charge in [0.2, 0.25) is 12.6 Å². The molecule has 1 aliphatic carbocycles. The van der Waals surface area contributed by atoms with E-state index in [1.165, 1.54) is 6.42 Å². The third-order valence-corrected chi connectivity index (χ3v) is 4.19. The lowest BCUT2D eigenvalue weighted by Gasteiger charge is -2.37. The van der Waals surface area contributed by atoms with Crippen molar-refractivity contribution in [2.45, 2.75) is 44.7 Å². The van der Waals surface area contributed by atoms with Crippen molar-refractivity contribution in [2.24, 2.45) is 5.41 Å². The van der Waals surface area contributed by atoms with Crippen molar-refractivity contribution >= 4 is 12.3 Å². The van der Waals surface area contributed by atoms with Gasteiger partial charge in [-0.3, -0.25) is 0 Å². The second-order valence-electron chi connectivity index (χ2n) is 5.90. The van der Waals surface area contributed by atoms with Crippen LogP contribution in [0.5, 0.6) is 0 Å². The maximum Gasteiger partial charge on any atom is 0.510 e. The Hall–Kier alpha value is -1.54. The topological polar surface area (TPSA) is 89.5 Å². The van der Waals surface area contributed by atoms with Gasteiger partial charge in [-0.25, -0.2) is 9.59 Å². The van der Waals surface area contributed by atoms with Gasteiger partial charge in [0.05, 0.1) is 13.2 Å². The van der Waals surface area contributed by atoms with Gasteiger partial charge in [0.25, 0.3) is 0 Å². The van der Waals surface area contributed by atoms with Gasteiger partial charge >= 0.3 is 12.3 Å². The number of hydrogen-bond donors (Lipinski definition) is 0. The molecule has 0 aromatic carbocycles. The van der Waals surface area contributed by atoms with Gasteiger partial charge in [0.1, 0.15) is 0 Å². The third kappa shape index (κ3) is 3.80. The Labute approximate surface area is 127 Å². The Kier molecular flexibility index (Phi) is 4.68. The van der Waals surface area contributed by atoms with Crippen LogP contribution in [0.4, 0.5) is 9.59 Å². The summed E-state index contributed by atoms with van der Waals surface area (Å²) in [6.45, 7) is 1.05. The quantitative estimate of drug-likeness (QED) is 0.687. The molecule has 0 aromatic rings. The summed E-state index contributed by atoms with van der Waals surface area (Å²) in [5.41, 5.74) is -0.164. The summed E-state index contributed by atoms with van der Waals surface area (Å²) in [5, 5.41) is 0. The Morgan fingerprint density at radius 1 is 0.864 bits per heavy atom. The van der Waals surface area contributed by atoms with Crippen molar-refractivity contribution in [3.63, 3.8) is 0 Å². The minimum atomic E-state index is -0.700. The highest BCUT2D eigenvalue weighted by Gasteiger charge is 2.37.